The normalized spacial score (nSPS) is 14.6. The van der Waals surface area contributed by atoms with Crippen LogP contribution in [0.3, 0.4) is 0 Å². The highest BCUT2D eigenvalue weighted by Gasteiger charge is 2.41. The van der Waals surface area contributed by atoms with Crippen LogP contribution < -0.4 is 9.64 Å². The molecule has 4 nitrogen and oxygen atoms in total. The Hall–Kier alpha value is -2.53. The van der Waals surface area contributed by atoms with Crippen molar-refractivity contribution >= 4 is 34.8 Å². The maximum absolute atomic E-state index is 13.5. The largest absolute Gasteiger partial charge is 0.489 e. The molecule has 0 bridgehead atoms. The summed E-state index contributed by atoms with van der Waals surface area (Å²) in [6.45, 7) is 11.9. The number of para-hydroxylation sites is 2. The summed E-state index contributed by atoms with van der Waals surface area (Å²) >= 11 is 1.43. The number of ether oxygens (including phenoxy) is 1. The summed E-state index contributed by atoms with van der Waals surface area (Å²) in [6.07, 6.45) is -0.0688. The molecule has 0 fully saturated rings. The minimum absolute atomic E-state index is 0.0688. The highest BCUT2D eigenvalue weighted by molar-refractivity contribution is 8.04. The number of anilines is 1. The number of amides is 2. The van der Waals surface area contributed by atoms with E-state index in [1.54, 1.807) is 12.1 Å². The Kier molecular flexibility index (Phi) is 6.18. The van der Waals surface area contributed by atoms with Crippen LogP contribution in [-0.4, -0.2) is 23.2 Å². The lowest BCUT2D eigenvalue weighted by Gasteiger charge is -2.20. The fourth-order valence-corrected chi connectivity index (χ4v) is 4.21. The maximum Gasteiger partial charge on any atom is 0.272 e. The molecule has 1 heterocycles. The molecule has 1 aliphatic rings. The first-order chi connectivity index (χ1) is 13.7. The van der Waals surface area contributed by atoms with Gasteiger partial charge in [-0.15, -0.1) is 11.8 Å². The average Bonchev–Trinajstić information content (AvgIpc) is 2.87. The van der Waals surface area contributed by atoms with E-state index in [4.69, 9.17) is 4.74 Å². The van der Waals surface area contributed by atoms with Crippen LogP contribution in [0.15, 0.2) is 47.4 Å². The van der Waals surface area contributed by atoms with Gasteiger partial charge in [0.15, 0.2) is 0 Å². The van der Waals surface area contributed by atoms with Crippen molar-refractivity contribution in [1.82, 2.24) is 0 Å². The Morgan fingerprint density at radius 3 is 2.21 bits per heavy atom. The molecule has 2 amide bonds. The van der Waals surface area contributed by atoms with Gasteiger partial charge in [0.1, 0.15) is 5.75 Å². The number of hydrogen-bond donors (Lipinski definition) is 0. The molecule has 0 saturated heterocycles. The molecule has 0 radical (unpaired) electrons. The van der Waals surface area contributed by atoms with Gasteiger partial charge in [0.2, 0.25) is 0 Å². The van der Waals surface area contributed by atoms with Crippen molar-refractivity contribution in [2.24, 2.45) is 0 Å². The lowest BCUT2D eigenvalue weighted by Crippen LogP contribution is -2.32. The minimum Gasteiger partial charge on any atom is -0.489 e. The highest BCUT2D eigenvalue weighted by atomic mass is 32.2. The summed E-state index contributed by atoms with van der Waals surface area (Å²) in [6, 6.07) is 13.1. The first-order valence-corrected chi connectivity index (χ1v) is 10.7. The van der Waals surface area contributed by atoms with Crippen LogP contribution in [0.25, 0.3) is 5.57 Å². The van der Waals surface area contributed by atoms with Crippen molar-refractivity contribution < 1.29 is 14.3 Å². The van der Waals surface area contributed by atoms with E-state index >= 15 is 0 Å². The van der Waals surface area contributed by atoms with Gasteiger partial charge in [-0.3, -0.25) is 9.59 Å². The van der Waals surface area contributed by atoms with Crippen molar-refractivity contribution in [2.45, 2.75) is 52.9 Å². The van der Waals surface area contributed by atoms with E-state index in [0.717, 1.165) is 16.7 Å². The van der Waals surface area contributed by atoms with Gasteiger partial charge in [-0.1, -0.05) is 44.2 Å². The van der Waals surface area contributed by atoms with Crippen molar-refractivity contribution in [3.8, 4) is 5.75 Å². The van der Waals surface area contributed by atoms with Crippen LogP contribution in [0, 0.1) is 13.8 Å². The molecule has 0 aliphatic carbocycles. The van der Waals surface area contributed by atoms with E-state index < -0.39 is 0 Å². The van der Waals surface area contributed by atoms with Crippen molar-refractivity contribution in [1.29, 1.82) is 0 Å². The molecule has 0 atom stereocenters. The van der Waals surface area contributed by atoms with Gasteiger partial charge in [0.25, 0.3) is 11.8 Å². The second-order valence-corrected chi connectivity index (χ2v) is 9.34. The fraction of sp³-hybridized carbons (Fsp3) is 0.333. The number of imide groups is 1. The molecule has 0 N–H and O–H groups in total. The predicted octanol–water partition coefficient (Wildman–Crippen LogP) is 5.52. The fourth-order valence-electron chi connectivity index (χ4n) is 3.22. The number of aryl methyl sites for hydroxylation is 2. The van der Waals surface area contributed by atoms with Gasteiger partial charge in [-0.2, -0.15) is 0 Å². The average molecular weight is 410 g/mol. The van der Waals surface area contributed by atoms with Crippen molar-refractivity contribution in [2.75, 3.05) is 4.90 Å². The van der Waals surface area contributed by atoms with Crippen molar-refractivity contribution in [3.63, 3.8) is 0 Å². The lowest BCUT2D eigenvalue weighted by molar-refractivity contribution is -0.119. The standard InChI is InChI=1S/C24H27NO3S/c1-14(2)28-20-10-8-7-9-19(20)25-23(26)21(22(24(25)27)29-15(3)4)18-12-11-16(5)17(6)13-18/h7-15H,1-6H3. The molecule has 0 aromatic heterocycles. The first kappa shape index (κ1) is 21.2. The van der Waals surface area contributed by atoms with Crippen LogP contribution >= 0.6 is 11.8 Å². The highest BCUT2D eigenvalue weighted by Crippen LogP contribution is 2.42. The summed E-state index contributed by atoms with van der Waals surface area (Å²) in [4.78, 5) is 28.7. The molecular weight excluding hydrogens is 382 g/mol. The Balaban J connectivity index is 2.13. The van der Waals surface area contributed by atoms with E-state index in [1.807, 2.05) is 71.9 Å². The van der Waals surface area contributed by atoms with Crippen LogP contribution in [0.5, 0.6) is 5.75 Å². The third kappa shape index (κ3) is 4.25. The zero-order valence-electron chi connectivity index (χ0n) is 17.8. The summed E-state index contributed by atoms with van der Waals surface area (Å²) in [5.74, 6) is -0.0672. The summed E-state index contributed by atoms with van der Waals surface area (Å²) in [5.41, 5.74) is 3.97. The monoisotopic (exact) mass is 409 g/mol. The second-order valence-electron chi connectivity index (χ2n) is 7.75. The van der Waals surface area contributed by atoms with E-state index in [1.165, 1.54) is 16.7 Å². The molecule has 0 unspecified atom stereocenters. The number of hydrogen-bond acceptors (Lipinski definition) is 4. The first-order valence-electron chi connectivity index (χ1n) is 9.83. The molecule has 0 spiro atoms. The number of carbonyl (C=O) groups is 2. The summed E-state index contributed by atoms with van der Waals surface area (Å²) in [7, 11) is 0. The van der Waals surface area contributed by atoms with Gasteiger partial charge in [-0.25, -0.2) is 4.90 Å². The molecule has 152 valence electrons. The molecule has 3 rings (SSSR count). The SMILES string of the molecule is Cc1ccc(C2=C(SC(C)C)C(=O)N(c3ccccc3OC(C)C)C2=O)cc1C. The topological polar surface area (TPSA) is 46.6 Å². The van der Waals surface area contributed by atoms with Gasteiger partial charge in [0, 0.05) is 5.25 Å². The van der Waals surface area contributed by atoms with Gasteiger partial charge in [-0.05, 0) is 56.5 Å². The van der Waals surface area contributed by atoms with E-state index in [2.05, 4.69) is 0 Å². The molecule has 5 heteroatoms. The lowest BCUT2D eigenvalue weighted by atomic mass is 10.0. The van der Waals surface area contributed by atoms with Crippen LogP contribution in [0.1, 0.15) is 44.4 Å². The molecule has 29 heavy (non-hydrogen) atoms. The summed E-state index contributed by atoms with van der Waals surface area (Å²) in [5, 5.41) is 0.172. The third-order valence-electron chi connectivity index (χ3n) is 4.66. The molecule has 0 saturated carbocycles. The zero-order valence-corrected chi connectivity index (χ0v) is 18.6. The number of nitrogens with zero attached hydrogens (tertiary/aromatic N) is 1. The molecule has 2 aromatic carbocycles. The van der Waals surface area contributed by atoms with E-state index in [0.29, 0.717) is 21.9 Å². The Morgan fingerprint density at radius 1 is 0.897 bits per heavy atom. The Morgan fingerprint density at radius 2 is 1.59 bits per heavy atom. The summed E-state index contributed by atoms with van der Waals surface area (Å²) < 4.78 is 5.88. The predicted molar refractivity (Wildman–Crippen MR) is 120 cm³/mol. The maximum atomic E-state index is 13.5. The number of rotatable bonds is 6. The van der Waals surface area contributed by atoms with Crippen LogP contribution in [0.4, 0.5) is 5.69 Å². The molecular formula is C24H27NO3S. The Bertz CT molecular complexity index is 991. The second kappa shape index (κ2) is 8.46. The Labute approximate surface area is 176 Å². The molecule has 1 aliphatic heterocycles. The smallest absolute Gasteiger partial charge is 0.272 e. The van der Waals surface area contributed by atoms with E-state index in [9.17, 15) is 9.59 Å². The number of thioether (sulfide) groups is 1. The third-order valence-corrected chi connectivity index (χ3v) is 5.75. The zero-order chi connectivity index (χ0) is 21.3. The van der Waals surface area contributed by atoms with Crippen LogP contribution in [-0.2, 0) is 9.59 Å². The van der Waals surface area contributed by atoms with E-state index in [-0.39, 0.29) is 23.2 Å². The quantitative estimate of drug-likeness (QED) is 0.590. The number of benzene rings is 2. The van der Waals surface area contributed by atoms with Gasteiger partial charge >= 0.3 is 0 Å². The number of carbonyl (C=O) groups excluding carboxylic acids is 2. The molecule has 2 aromatic rings. The van der Waals surface area contributed by atoms with Gasteiger partial charge in [0.05, 0.1) is 22.3 Å². The minimum atomic E-state index is -0.304. The van der Waals surface area contributed by atoms with Crippen molar-refractivity contribution in [3.05, 3.63) is 64.1 Å². The van der Waals surface area contributed by atoms with Gasteiger partial charge < -0.3 is 4.74 Å². The van der Waals surface area contributed by atoms with Crippen LogP contribution in [0.2, 0.25) is 0 Å².